The van der Waals surface area contributed by atoms with Crippen LogP contribution in [0.3, 0.4) is 0 Å². The zero-order valence-corrected chi connectivity index (χ0v) is 11.9. The van der Waals surface area contributed by atoms with E-state index in [0.29, 0.717) is 17.3 Å². The molecule has 0 saturated carbocycles. The van der Waals surface area contributed by atoms with Crippen molar-refractivity contribution in [3.05, 3.63) is 0 Å². The van der Waals surface area contributed by atoms with E-state index in [0.717, 1.165) is 19.0 Å². The second-order valence-electron chi connectivity index (χ2n) is 5.68. The van der Waals surface area contributed by atoms with Gasteiger partial charge in [0, 0.05) is 6.61 Å². The average molecular weight is 232 g/mol. The Morgan fingerprint density at radius 1 is 1.20 bits per heavy atom. The van der Waals surface area contributed by atoms with Gasteiger partial charge in [0.1, 0.15) is 0 Å². The van der Waals surface area contributed by atoms with E-state index in [-0.39, 0.29) is 0 Å². The summed E-state index contributed by atoms with van der Waals surface area (Å²) in [5.41, 5.74) is 0.301. The van der Waals surface area contributed by atoms with Crippen molar-refractivity contribution >= 4 is 12.6 Å². The van der Waals surface area contributed by atoms with Gasteiger partial charge in [0.25, 0.3) is 0 Å². The standard InChI is InChI=1S/C13H28OS/c1-6-7-11(2)8-14-9-12(10-15)13(3,4)5/h11-12,15H,6-10H2,1-5H3. The normalized spacial score (nSPS) is 16.4. The number of hydrogen-bond donors (Lipinski definition) is 1. The molecule has 2 atom stereocenters. The van der Waals surface area contributed by atoms with Crippen LogP contribution in [0.1, 0.15) is 47.5 Å². The minimum Gasteiger partial charge on any atom is -0.381 e. The fourth-order valence-corrected chi connectivity index (χ4v) is 2.22. The monoisotopic (exact) mass is 232 g/mol. The molecular weight excluding hydrogens is 204 g/mol. The fraction of sp³-hybridized carbons (Fsp3) is 1.00. The predicted octanol–water partition coefficient (Wildman–Crippen LogP) is 4.03. The molecule has 0 rings (SSSR count). The summed E-state index contributed by atoms with van der Waals surface area (Å²) in [6.07, 6.45) is 2.51. The lowest BCUT2D eigenvalue weighted by molar-refractivity contribution is 0.0468. The zero-order chi connectivity index (χ0) is 11.9. The Labute approximate surface area is 101 Å². The molecule has 0 radical (unpaired) electrons. The molecule has 0 N–H and O–H groups in total. The van der Waals surface area contributed by atoms with Crippen LogP contribution in [0.15, 0.2) is 0 Å². The number of ether oxygens (including phenoxy) is 1. The van der Waals surface area contributed by atoms with Crippen molar-refractivity contribution in [1.82, 2.24) is 0 Å². The highest BCUT2D eigenvalue weighted by Gasteiger charge is 2.23. The highest BCUT2D eigenvalue weighted by atomic mass is 32.1. The van der Waals surface area contributed by atoms with Gasteiger partial charge in [-0.2, -0.15) is 12.6 Å². The molecule has 0 aromatic carbocycles. The third-order valence-corrected chi connectivity index (χ3v) is 3.39. The van der Waals surface area contributed by atoms with Crippen molar-refractivity contribution in [2.45, 2.75) is 47.5 Å². The van der Waals surface area contributed by atoms with Crippen LogP contribution in [0.4, 0.5) is 0 Å². The summed E-state index contributed by atoms with van der Waals surface area (Å²) in [5, 5.41) is 0. The Hall–Kier alpha value is 0.310. The first-order chi connectivity index (χ1) is 6.91. The first-order valence-corrected chi connectivity index (χ1v) is 6.73. The van der Waals surface area contributed by atoms with E-state index in [4.69, 9.17) is 4.74 Å². The van der Waals surface area contributed by atoms with Crippen molar-refractivity contribution in [1.29, 1.82) is 0 Å². The molecule has 2 heteroatoms. The van der Waals surface area contributed by atoms with Crippen molar-refractivity contribution in [2.75, 3.05) is 19.0 Å². The molecule has 0 aromatic heterocycles. The minimum atomic E-state index is 0.301. The fourth-order valence-electron chi connectivity index (χ4n) is 1.56. The minimum absolute atomic E-state index is 0.301. The van der Waals surface area contributed by atoms with Gasteiger partial charge in [0.05, 0.1) is 6.61 Å². The van der Waals surface area contributed by atoms with E-state index in [2.05, 4.69) is 47.2 Å². The smallest absolute Gasteiger partial charge is 0.0507 e. The quantitative estimate of drug-likeness (QED) is 0.652. The molecule has 0 amide bonds. The maximum Gasteiger partial charge on any atom is 0.0507 e. The maximum absolute atomic E-state index is 5.78. The predicted molar refractivity (Wildman–Crippen MR) is 71.7 cm³/mol. The molecule has 15 heavy (non-hydrogen) atoms. The zero-order valence-electron chi connectivity index (χ0n) is 11.0. The Bertz CT molecular complexity index is 151. The van der Waals surface area contributed by atoms with Crippen LogP contribution in [0, 0.1) is 17.3 Å². The van der Waals surface area contributed by atoms with Crippen molar-refractivity contribution in [2.24, 2.45) is 17.3 Å². The third-order valence-electron chi connectivity index (χ3n) is 2.95. The van der Waals surface area contributed by atoms with E-state index in [9.17, 15) is 0 Å². The summed E-state index contributed by atoms with van der Waals surface area (Å²) in [7, 11) is 0. The highest BCUT2D eigenvalue weighted by molar-refractivity contribution is 7.80. The van der Waals surface area contributed by atoms with Crippen LogP contribution in [0.25, 0.3) is 0 Å². The van der Waals surface area contributed by atoms with Crippen LogP contribution in [0.2, 0.25) is 0 Å². The highest BCUT2D eigenvalue weighted by Crippen LogP contribution is 2.27. The molecule has 2 unspecified atom stereocenters. The first-order valence-electron chi connectivity index (χ1n) is 6.10. The third kappa shape index (κ3) is 7.24. The van der Waals surface area contributed by atoms with Crippen LogP contribution in [-0.2, 0) is 4.74 Å². The summed E-state index contributed by atoms with van der Waals surface area (Å²) >= 11 is 4.39. The van der Waals surface area contributed by atoms with Gasteiger partial charge in [-0.1, -0.05) is 41.0 Å². The Morgan fingerprint density at radius 2 is 1.80 bits per heavy atom. The van der Waals surface area contributed by atoms with E-state index < -0.39 is 0 Å². The Balaban J connectivity index is 3.73. The summed E-state index contributed by atoms with van der Waals surface area (Å²) in [6.45, 7) is 13.0. The average Bonchev–Trinajstić information content (AvgIpc) is 2.10. The summed E-state index contributed by atoms with van der Waals surface area (Å²) in [4.78, 5) is 0. The van der Waals surface area contributed by atoms with Gasteiger partial charge in [0.15, 0.2) is 0 Å². The summed E-state index contributed by atoms with van der Waals surface area (Å²) < 4.78 is 5.78. The lowest BCUT2D eigenvalue weighted by Crippen LogP contribution is -2.27. The largest absolute Gasteiger partial charge is 0.381 e. The van der Waals surface area contributed by atoms with Crippen molar-refractivity contribution in [3.8, 4) is 0 Å². The number of rotatable bonds is 7. The van der Waals surface area contributed by atoms with E-state index in [1.54, 1.807) is 0 Å². The molecule has 0 aromatic rings. The van der Waals surface area contributed by atoms with Gasteiger partial charge in [-0.3, -0.25) is 0 Å². The topological polar surface area (TPSA) is 9.23 Å². The Morgan fingerprint density at radius 3 is 2.20 bits per heavy atom. The summed E-state index contributed by atoms with van der Waals surface area (Å²) in [6, 6.07) is 0. The molecule has 0 fully saturated rings. The molecular formula is C13H28OS. The van der Waals surface area contributed by atoms with Gasteiger partial charge in [-0.15, -0.1) is 0 Å². The molecule has 1 nitrogen and oxygen atoms in total. The van der Waals surface area contributed by atoms with Crippen LogP contribution in [0.5, 0.6) is 0 Å². The van der Waals surface area contributed by atoms with E-state index >= 15 is 0 Å². The molecule has 0 aliphatic carbocycles. The molecule has 0 aliphatic heterocycles. The SMILES string of the molecule is CCCC(C)COCC(CS)C(C)(C)C. The molecule has 0 aliphatic rings. The molecule has 0 heterocycles. The lowest BCUT2D eigenvalue weighted by Gasteiger charge is -2.29. The first kappa shape index (κ1) is 15.3. The Kier molecular flexibility index (Phi) is 7.72. The molecule has 92 valence electrons. The maximum atomic E-state index is 5.78. The van der Waals surface area contributed by atoms with Crippen LogP contribution >= 0.6 is 12.6 Å². The van der Waals surface area contributed by atoms with Crippen LogP contribution < -0.4 is 0 Å². The van der Waals surface area contributed by atoms with Gasteiger partial charge in [-0.05, 0) is 29.4 Å². The molecule has 0 saturated heterocycles. The van der Waals surface area contributed by atoms with Gasteiger partial charge < -0.3 is 4.74 Å². The lowest BCUT2D eigenvalue weighted by atomic mass is 9.82. The second kappa shape index (κ2) is 7.56. The van der Waals surface area contributed by atoms with Gasteiger partial charge >= 0.3 is 0 Å². The van der Waals surface area contributed by atoms with E-state index in [1.165, 1.54) is 12.8 Å². The molecule has 0 spiro atoms. The van der Waals surface area contributed by atoms with Gasteiger partial charge in [-0.25, -0.2) is 0 Å². The van der Waals surface area contributed by atoms with E-state index in [1.807, 2.05) is 0 Å². The number of hydrogen-bond acceptors (Lipinski definition) is 2. The summed E-state index contributed by atoms with van der Waals surface area (Å²) in [5.74, 6) is 2.15. The van der Waals surface area contributed by atoms with Crippen molar-refractivity contribution < 1.29 is 4.74 Å². The second-order valence-corrected chi connectivity index (χ2v) is 6.04. The number of thiol groups is 1. The van der Waals surface area contributed by atoms with Gasteiger partial charge in [0.2, 0.25) is 0 Å². The van der Waals surface area contributed by atoms with Crippen LogP contribution in [-0.4, -0.2) is 19.0 Å². The van der Waals surface area contributed by atoms with Crippen molar-refractivity contribution in [3.63, 3.8) is 0 Å². The molecule has 0 bridgehead atoms.